The van der Waals surface area contributed by atoms with Crippen molar-refractivity contribution in [3.05, 3.63) is 66.1 Å². The van der Waals surface area contributed by atoms with Crippen LogP contribution < -0.4 is 10.2 Å². The third-order valence-electron chi connectivity index (χ3n) is 3.92. The second kappa shape index (κ2) is 5.24. The highest BCUT2D eigenvalue weighted by Gasteiger charge is 2.26. The number of aryl methyl sites for hydroxylation is 1. The fourth-order valence-corrected chi connectivity index (χ4v) is 2.77. The molecule has 2 aromatic heterocycles. The average Bonchev–Trinajstić information content (AvgIpc) is 2.84. The number of amides is 1. The van der Waals surface area contributed by atoms with Crippen LogP contribution in [0, 0.1) is 0 Å². The van der Waals surface area contributed by atoms with Crippen molar-refractivity contribution >= 4 is 23.1 Å². The molecular weight excluding hydrogens is 290 g/mol. The molecule has 3 heterocycles. The minimum absolute atomic E-state index is 0.128. The molecule has 1 N–H and O–H groups in total. The van der Waals surface area contributed by atoms with Crippen LogP contribution in [0.25, 0.3) is 0 Å². The lowest BCUT2D eigenvalue weighted by molar-refractivity contribution is 0.0980. The minimum Gasteiger partial charge on any atom is -0.338 e. The van der Waals surface area contributed by atoms with Crippen molar-refractivity contribution < 1.29 is 4.79 Å². The molecule has 23 heavy (non-hydrogen) atoms. The SMILES string of the molecule is Cn1ncc2c1Nc1ccccc1N(C(=O)c1ccccn1)C2. The summed E-state index contributed by atoms with van der Waals surface area (Å²) < 4.78 is 1.78. The van der Waals surface area contributed by atoms with Crippen LogP contribution in [0.2, 0.25) is 0 Å². The lowest BCUT2D eigenvalue weighted by Gasteiger charge is -2.22. The van der Waals surface area contributed by atoms with E-state index in [-0.39, 0.29) is 5.91 Å². The maximum atomic E-state index is 12.9. The highest BCUT2D eigenvalue weighted by atomic mass is 16.2. The summed E-state index contributed by atoms with van der Waals surface area (Å²) in [5.74, 6) is 0.769. The van der Waals surface area contributed by atoms with Crippen molar-refractivity contribution in [2.24, 2.45) is 7.05 Å². The first kappa shape index (κ1) is 13.5. The maximum Gasteiger partial charge on any atom is 0.277 e. The molecule has 1 aliphatic heterocycles. The Morgan fingerprint density at radius 3 is 2.83 bits per heavy atom. The number of benzene rings is 1. The summed E-state index contributed by atoms with van der Waals surface area (Å²) >= 11 is 0. The summed E-state index contributed by atoms with van der Waals surface area (Å²) in [6.07, 6.45) is 3.41. The van der Waals surface area contributed by atoms with Gasteiger partial charge in [-0.2, -0.15) is 5.10 Å². The van der Waals surface area contributed by atoms with Gasteiger partial charge >= 0.3 is 0 Å². The number of fused-ring (bicyclic) bond motifs is 2. The number of aromatic nitrogens is 3. The molecule has 0 saturated carbocycles. The highest BCUT2D eigenvalue weighted by molar-refractivity contribution is 6.07. The van der Waals surface area contributed by atoms with Crippen LogP contribution >= 0.6 is 0 Å². The van der Waals surface area contributed by atoms with Crippen LogP contribution in [-0.2, 0) is 13.6 Å². The van der Waals surface area contributed by atoms with Gasteiger partial charge in [0.25, 0.3) is 5.91 Å². The molecule has 1 aliphatic rings. The minimum atomic E-state index is -0.128. The third kappa shape index (κ3) is 2.24. The zero-order chi connectivity index (χ0) is 15.8. The Morgan fingerprint density at radius 1 is 1.17 bits per heavy atom. The molecule has 1 aromatic carbocycles. The summed E-state index contributed by atoms with van der Waals surface area (Å²) in [6.45, 7) is 0.447. The Kier molecular flexibility index (Phi) is 3.08. The van der Waals surface area contributed by atoms with Gasteiger partial charge in [-0.1, -0.05) is 18.2 Å². The Bertz CT molecular complexity index is 872. The van der Waals surface area contributed by atoms with Crippen molar-refractivity contribution in [2.75, 3.05) is 10.2 Å². The molecular formula is C17H15N5O. The van der Waals surface area contributed by atoms with E-state index in [1.807, 2.05) is 37.4 Å². The Labute approximate surface area is 133 Å². The first-order valence-electron chi connectivity index (χ1n) is 7.34. The quantitative estimate of drug-likeness (QED) is 0.751. The third-order valence-corrected chi connectivity index (χ3v) is 3.92. The normalized spacial score (nSPS) is 12.8. The van der Waals surface area contributed by atoms with Crippen LogP contribution in [0.5, 0.6) is 0 Å². The molecule has 0 saturated heterocycles. The summed E-state index contributed by atoms with van der Waals surface area (Å²) in [5.41, 5.74) is 3.10. The van der Waals surface area contributed by atoms with Gasteiger partial charge < -0.3 is 10.2 Å². The van der Waals surface area contributed by atoms with Gasteiger partial charge in [-0.15, -0.1) is 0 Å². The van der Waals surface area contributed by atoms with Gasteiger partial charge in [0.05, 0.1) is 24.1 Å². The molecule has 0 fully saturated rings. The summed E-state index contributed by atoms with van der Waals surface area (Å²) in [5, 5.41) is 7.65. The van der Waals surface area contributed by atoms with E-state index in [1.165, 1.54) is 0 Å². The van der Waals surface area contributed by atoms with E-state index in [9.17, 15) is 4.79 Å². The molecule has 0 bridgehead atoms. The molecule has 0 unspecified atom stereocenters. The van der Waals surface area contributed by atoms with Gasteiger partial charge in [0, 0.05) is 18.8 Å². The molecule has 0 radical (unpaired) electrons. The monoisotopic (exact) mass is 305 g/mol. The average molecular weight is 305 g/mol. The van der Waals surface area contributed by atoms with Crippen LogP contribution in [0.3, 0.4) is 0 Å². The van der Waals surface area contributed by atoms with Gasteiger partial charge in [0.1, 0.15) is 11.5 Å². The molecule has 0 aliphatic carbocycles. The predicted molar refractivity (Wildman–Crippen MR) is 87.7 cm³/mol. The van der Waals surface area contributed by atoms with Crippen LogP contribution in [0.15, 0.2) is 54.9 Å². The number of nitrogens with one attached hydrogen (secondary N) is 1. The number of hydrogen-bond donors (Lipinski definition) is 1. The van der Waals surface area contributed by atoms with Gasteiger partial charge in [-0.05, 0) is 24.3 Å². The van der Waals surface area contributed by atoms with Crippen molar-refractivity contribution in [2.45, 2.75) is 6.54 Å². The number of hydrogen-bond acceptors (Lipinski definition) is 4. The fraction of sp³-hybridized carbons (Fsp3) is 0.118. The van der Waals surface area contributed by atoms with Crippen molar-refractivity contribution in [3.8, 4) is 0 Å². The van der Waals surface area contributed by atoms with Crippen LogP contribution in [0.1, 0.15) is 16.1 Å². The van der Waals surface area contributed by atoms with Crippen molar-refractivity contribution in [1.29, 1.82) is 0 Å². The van der Waals surface area contributed by atoms with E-state index in [4.69, 9.17) is 0 Å². The van der Waals surface area contributed by atoms with E-state index in [1.54, 1.807) is 34.1 Å². The van der Waals surface area contributed by atoms with E-state index in [2.05, 4.69) is 15.4 Å². The first-order valence-corrected chi connectivity index (χ1v) is 7.34. The fourth-order valence-electron chi connectivity index (χ4n) is 2.77. The molecule has 6 nitrogen and oxygen atoms in total. The number of carbonyl (C=O) groups excluding carboxylic acids is 1. The Balaban J connectivity index is 1.84. The summed E-state index contributed by atoms with van der Waals surface area (Å²) in [6, 6.07) is 13.1. The van der Waals surface area contributed by atoms with Crippen LogP contribution in [0.4, 0.5) is 17.2 Å². The summed E-state index contributed by atoms with van der Waals surface area (Å²) in [4.78, 5) is 18.9. The topological polar surface area (TPSA) is 63.1 Å². The second-order valence-electron chi connectivity index (χ2n) is 5.39. The molecule has 4 rings (SSSR count). The van der Waals surface area contributed by atoms with Gasteiger partial charge in [0.15, 0.2) is 0 Å². The number of rotatable bonds is 1. The number of para-hydroxylation sites is 2. The van der Waals surface area contributed by atoms with E-state index < -0.39 is 0 Å². The maximum absolute atomic E-state index is 12.9. The number of pyridine rings is 1. The highest BCUT2D eigenvalue weighted by Crippen LogP contribution is 2.35. The van der Waals surface area contributed by atoms with Gasteiger partial charge in [0.2, 0.25) is 0 Å². The van der Waals surface area contributed by atoms with Crippen molar-refractivity contribution in [1.82, 2.24) is 14.8 Å². The van der Waals surface area contributed by atoms with E-state index >= 15 is 0 Å². The largest absolute Gasteiger partial charge is 0.338 e. The number of anilines is 3. The Morgan fingerprint density at radius 2 is 2.00 bits per heavy atom. The number of carbonyl (C=O) groups is 1. The molecule has 1 amide bonds. The molecule has 3 aromatic rings. The second-order valence-corrected chi connectivity index (χ2v) is 5.39. The lowest BCUT2D eigenvalue weighted by atomic mass is 10.2. The van der Waals surface area contributed by atoms with E-state index in [0.29, 0.717) is 12.2 Å². The molecule has 0 spiro atoms. The Hall–Kier alpha value is -3.15. The first-order chi connectivity index (χ1) is 11.2. The standard InChI is InChI=1S/C17H15N5O/c1-21-16-12(10-19-21)11-22(15-8-3-2-6-13(15)20-16)17(23)14-7-4-5-9-18-14/h2-10,20H,11H2,1H3. The van der Waals surface area contributed by atoms with Crippen LogP contribution in [-0.4, -0.2) is 20.7 Å². The zero-order valence-corrected chi connectivity index (χ0v) is 12.6. The van der Waals surface area contributed by atoms with E-state index in [0.717, 1.165) is 22.8 Å². The smallest absolute Gasteiger partial charge is 0.277 e. The summed E-state index contributed by atoms with van der Waals surface area (Å²) in [7, 11) is 1.88. The molecule has 6 heteroatoms. The molecule has 0 atom stereocenters. The predicted octanol–water partition coefficient (Wildman–Crippen LogP) is 2.72. The molecule has 114 valence electrons. The van der Waals surface area contributed by atoms with Crippen molar-refractivity contribution in [3.63, 3.8) is 0 Å². The lowest BCUT2D eigenvalue weighted by Crippen LogP contribution is -2.30. The van der Waals surface area contributed by atoms with Gasteiger partial charge in [-0.25, -0.2) is 0 Å². The zero-order valence-electron chi connectivity index (χ0n) is 12.6. The van der Waals surface area contributed by atoms with Gasteiger partial charge in [-0.3, -0.25) is 14.5 Å². The number of nitrogens with zero attached hydrogens (tertiary/aromatic N) is 4.